The first kappa shape index (κ1) is 15.6. The molecule has 1 fully saturated rings. The number of piperidine rings is 1. The lowest BCUT2D eigenvalue weighted by Crippen LogP contribution is -2.46. The monoisotopic (exact) mass is 292 g/mol. The Bertz CT molecular complexity index is 519. The van der Waals surface area contributed by atoms with E-state index in [1.165, 1.54) is 6.07 Å². The van der Waals surface area contributed by atoms with E-state index in [2.05, 4.69) is 5.32 Å². The standard InChI is InChI=1S/C16H21FN2O2/c1-12-5-6-13(8-15(12)17)9-18-16(21)10-19-7-3-2-4-14(19)11-20/h5-6,8,11,14H,2-4,7,9-10H2,1H3,(H,18,21). The van der Waals surface area contributed by atoms with Gasteiger partial charge in [0.15, 0.2) is 0 Å². The van der Waals surface area contributed by atoms with E-state index >= 15 is 0 Å². The number of amides is 1. The SMILES string of the molecule is Cc1ccc(CNC(=O)CN2CCCCC2C=O)cc1F. The summed E-state index contributed by atoms with van der Waals surface area (Å²) in [6, 6.07) is 4.78. The summed E-state index contributed by atoms with van der Waals surface area (Å²) in [5.74, 6) is -0.400. The third kappa shape index (κ3) is 4.36. The van der Waals surface area contributed by atoms with Crippen molar-refractivity contribution in [3.63, 3.8) is 0 Å². The lowest BCUT2D eigenvalue weighted by atomic mass is 10.0. The zero-order valence-electron chi connectivity index (χ0n) is 12.3. The van der Waals surface area contributed by atoms with Crippen LogP contribution in [-0.2, 0) is 16.1 Å². The van der Waals surface area contributed by atoms with E-state index in [1.807, 2.05) is 4.90 Å². The van der Waals surface area contributed by atoms with Gasteiger partial charge in [-0.05, 0) is 43.5 Å². The molecule has 1 heterocycles. The van der Waals surface area contributed by atoms with E-state index < -0.39 is 0 Å². The molecule has 0 radical (unpaired) electrons. The van der Waals surface area contributed by atoms with Crippen molar-refractivity contribution in [2.24, 2.45) is 0 Å². The highest BCUT2D eigenvalue weighted by atomic mass is 19.1. The first-order valence-corrected chi connectivity index (χ1v) is 7.31. The fraction of sp³-hybridized carbons (Fsp3) is 0.500. The number of nitrogens with one attached hydrogen (secondary N) is 1. The van der Waals surface area contributed by atoms with Gasteiger partial charge in [-0.2, -0.15) is 0 Å². The Labute approximate surface area is 124 Å². The smallest absolute Gasteiger partial charge is 0.234 e. The number of likely N-dealkylation sites (tertiary alicyclic amines) is 1. The molecular weight excluding hydrogens is 271 g/mol. The number of halogens is 1. The van der Waals surface area contributed by atoms with Crippen LogP contribution in [0.3, 0.4) is 0 Å². The molecule has 0 aromatic heterocycles. The lowest BCUT2D eigenvalue weighted by Gasteiger charge is -2.31. The summed E-state index contributed by atoms with van der Waals surface area (Å²) in [6.07, 6.45) is 3.78. The molecule has 2 rings (SSSR count). The molecule has 1 amide bonds. The van der Waals surface area contributed by atoms with Crippen molar-refractivity contribution in [1.29, 1.82) is 0 Å². The molecule has 5 heteroatoms. The number of hydrogen-bond donors (Lipinski definition) is 1. The highest BCUT2D eigenvalue weighted by Gasteiger charge is 2.23. The van der Waals surface area contributed by atoms with E-state index in [1.54, 1.807) is 19.1 Å². The van der Waals surface area contributed by atoms with Crippen LogP contribution >= 0.6 is 0 Å². The maximum Gasteiger partial charge on any atom is 0.234 e. The predicted octanol–water partition coefficient (Wildman–Crippen LogP) is 1.80. The highest BCUT2D eigenvalue weighted by Crippen LogP contribution is 2.14. The molecule has 1 aliphatic rings. The second-order valence-electron chi connectivity index (χ2n) is 5.53. The quantitative estimate of drug-likeness (QED) is 0.842. The topological polar surface area (TPSA) is 49.4 Å². The average molecular weight is 292 g/mol. The van der Waals surface area contributed by atoms with Crippen LogP contribution in [0.1, 0.15) is 30.4 Å². The van der Waals surface area contributed by atoms with E-state index in [0.717, 1.165) is 37.7 Å². The summed E-state index contributed by atoms with van der Waals surface area (Å²) in [6.45, 7) is 3.00. The minimum absolute atomic E-state index is 0.135. The van der Waals surface area contributed by atoms with E-state index in [-0.39, 0.29) is 24.3 Å². The average Bonchev–Trinajstić information content (AvgIpc) is 2.49. The van der Waals surface area contributed by atoms with Gasteiger partial charge in [-0.15, -0.1) is 0 Å². The van der Waals surface area contributed by atoms with Gasteiger partial charge in [0.25, 0.3) is 0 Å². The Morgan fingerprint density at radius 3 is 3.00 bits per heavy atom. The van der Waals surface area contributed by atoms with Crippen molar-refractivity contribution in [3.8, 4) is 0 Å². The van der Waals surface area contributed by atoms with Gasteiger partial charge in [-0.3, -0.25) is 9.69 Å². The van der Waals surface area contributed by atoms with Crippen molar-refractivity contribution in [2.75, 3.05) is 13.1 Å². The molecule has 0 bridgehead atoms. The minimum atomic E-state index is -0.265. The largest absolute Gasteiger partial charge is 0.351 e. The molecule has 1 atom stereocenters. The zero-order chi connectivity index (χ0) is 15.2. The maximum atomic E-state index is 13.4. The first-order valence-electron chi connectivity index (χ1n) is 7.31. The highest BCUT2D eigenvalue weighted by molar-refractivity contribution is 5.78. The van der Waals surface area contributed by atoms with Crippen LogP contribution in [0.2, 0.25) is 0 Å². The number of aldehydes is 1. The van der Waals surface area contributed by atoms with Gasteiger partial charge >= 0.3 is 0 Å². The van der Waals surface area contributed by atoms with Crippen molar-refractivity contribution in [3.05, 3.63) is 35.1 Å². The van der Waals surface area contributed by atoms with Gasteiger partial charge in [0.2, 0.25) is 5.91 Å². The normalized spacial score (nSPS) is 19.2. The maximum absolute atomic E-state index is 13.4. The van der Waals surface area contributed by atoms with Gasteiger partial charge in [-0.25, -0.2) is 4.39 Å². The summed E-state index contributed by atoms with van der Waals surface area (Å²) in [5.41, 5.74) is 1.32. The molecule has 1 unspecified atom stereocenters. The van der Waals surface area contributed by atoms with E-state index in [4.69, 9.17) is 0 Å². The van der Waals surface area contributed by atoms with Gasteiger partial charge in [0, 0.05) is 6.54 Å². The Morgan fingerprint density at radius 1 is 1.48 bits per heavy atom. The summed E-state index contributed by atoms with van der Waals surface area (Å²) in [4.78, 5) is 24.8. The molecule has 0 aliphatic carbocycles. The summed E-state index contributed by atoms with van der Waals surface area (Å²) < 4.78 is 13.4. The van der Waals surface area contributed by atoms with E-state index in [9.17, 15) is 14.0 Å². The van der Waals surface area contributed by atoms with Crippen LogP contribution < -0.4 is 5.32 Å². The van der Waals surface area contributed by atoms with Crippen LogP contribution in [0.15, 0.2) is 18.2 Å². The fourth-order valence-electron chi connectivity index (χ4n) is 2.55. The summed E-state index contributed by atoms with van der Waals surface area (Å²) >= 11 is 0. The van der Waals surface area contributed by atoms with Gasteiger partial charge in [0.05, 0.1) is 12.6 Å². The second-order valence-corrected chi connectivity index (χ2v) is 5.53. The predicted molar refractivity (Wildman–Crippen MR) is 78.3 cm³/mol. The summed E-state index contributed by atoms with van der Waals surface area (Å²) in [5, 5.41) is 2.77. The second kappa shape index (κ2) is 7.31. The van der Waals surface area contributed by atoms with Crippen LogP contribution in [0, 0.1) is 12.7 Å². The van der Waals surface area contributed by atoms with Crippen LogP contribution in [-0.4, -0.2) is 36.2 Å². The molecule has 0 spiro atoms. The molecule has 114 valence electrons. The van der Waals surface area contributed by atoms with Crippen LogP contribution in [0.5, 0.6) is 0 Å². The van der Waals surface area contributed by atoms with Crippen molar-refractivity contribution in [2.45, 2.75) is 38.8 Å². The van der Waals surface area contributed by atoms with Crippen molar-refractivity contribution >= 4 is 12.2 Å². The molecule has 1 aliphatic heterocycles. The molecule has 1 N–H and O–H groups in total. The van der Waals surface area contributed by atoms with Gasteiger partial charge < -0.3 is 10.1 Å². The van der Waals surface area contributed by atoms with Gasteiger partial charge in [0.1, 0.15) is 12.1 Å². The molecule has 0 saturated carbocycles. The van der Waals surface area contributed by atoms with Crippen molar-refractivity contribution in [1.82, 2.24) is 10.2 Å². The number of hydrogen-bond acceptors (Lipinski definition) is 3. The van der Waals surface area contributed by atoms with Crippen LogP contribution in [0.25, 0.3) is 0 Å². The Morgan fingerprint density at radius 2 is 2.29 bits per heavy atom. The Balaban J connectivity index is 1.83. The number of rotatable bonds is 5. The van der Waals surface area contributed by atoms with Crippen molar-refractivity contribution < 1.29 is 14.0 Å². The fourth-order valence-corrected chi connectivity index (χ4v) is 2.55. The lowest BCUT2D eigenvalue weighted by molar-refractivity contribution is -0.124. The molecule has 1 aromatic carbocycles. The number of nitrogens with zero attached hydrogens (tertiary/aromatic N) is 1. The number of benzene rings is 1. The molecule has 21 heavy (non-hydrogen) atoms. The minimum Gasteiger partial charge on any atom is -0.351 e. The summed E-state index contributed by atoms with van der Waals surface area (Å²) in [7, 11) is 0. The van der Waals surface area contributed by atoms with Crippen LogP contribution in [0.4, 0.5) is 4.39 Å². The molecule has 4 nitrogen and oxygen atoms in total. The number of carbonyl (C=O) groups is 2. The third-order valence-corrected chi connectivity index (χ3v) is 3.89. The number of carbonyl (C=O) groups excluding carboxylic acids is 2. The zero-order valence-corrected chi connectivity index (χ0v) is 12.3. The van der Waals surface area contributed by atoms with Gasteiger partial charge in [-0.1, -0.05) is 18.6 Å². The molecule has 1 aromatic rings. The first-order chi connectivity index (χ1) is 10.1. The molecule has 1 saturated heterocycles. The third-order valence-electron chi connectivity index (χ3n) is 3.89. The Hall–Kier alpha value is -1.75. The number of aryl methyl sites for hydroxylation is 1. The molecular formula is C16H21FN2O2. The van der Waals surface area contributed by atoms with E-state index in [0.29, 0.717) is 12.1 Å². The Kier molecular flexibility index (Phi) is 5.44.